The lowest BCUT2D eigenvalue weighted by Crippen LogP contribution is -2.59. The van der Waals surface area contributed by atoms with Gasteiger partial charge in [0, 0.05) is 42.7 Å². The summed E-state index contributed by atoms with van der Waals surface area (Å²) in [7, 11) is 1.60. The molecule has 0 spiro atoms. The first kappa shape index (κ1) is 47.8. The van der Waals surface area contributed by atoms with Crippen molar-refractivity contribution in [1.29, 1.82) is 0 Å². The van der Waals surface area contributed by atoms with Crippen molar-refractivity contribution in [3.8, 4) is 0 Å². The SMILES string of the molecule is CCCC(=O)N1C[C@@H](NC(=O)c2cccc(C(=O)N[C@H]3C[C@@H](C(=O)N[C@@H]4CCCc5ccccc54)N(C(=O)[C@@H](NC(=O)[C@H](C)NC)[C@@H](C)O)C3)c2)C[C@H]1C(=O)NC1CCCc2ccccc21. The number of likely N-dealkylation sites (tertiary alicyclic amines) is 2. The first-order valence-electron chi connectivity index (χ1n) is 23.5. The van der Waals surface area contributed by atoms with Gasteiger partial charge in [0.25, 0.3) is 11.8 Å². The van der Waals surface area contributed by atoms with Crippen LogP contribution in [-0.4, -0.2) is 119 Å². The Bertz CT molecular complexity index is 2300. The van der Waals surface area contributed by atoms with Crippen molar-refractivity contribution in [2.24, 2.45) is 0 Å². The second-order valence-electron chi connectivity index (χ2n) is 18.3. The minimum Gasteiger partial charge on any atom is -0.391 e. The second-order valence-corrected chi connectivity index (χ2v) is 18.3. The van der Waals surface area contributed by atoms with Crippen LogP contribution in [0.15, 0.2) is 72.8 Å². The molecule has 2 heterocycles. The van der Waals surface area contributed by atoms with Crippen molar-refractivity contribution in [2.45, 2.75) is 139 Å². The summed E-state index contributed by atoms with van der Waals surface area (Å²) in [5.41, 5.74) is 4.81. The van der Waals surface area contributed by atoms with E-state index in [1.807, 2.05) is 49.4 Å². The van der Waals surface area contributed by atoms with E-state index in [2.05, 4.69) is 38.0 Å². The number of rotatable bonds is 15. The van der Waals surface area contributed by atoms with Crippen LogP contribution in [0, 0.1) is 0 Å². The molecule has 0 bridgehead atoms. The highest BCUT2D eigenvalue weighted by molar-refractivity contribution is 6.00. The summed E-state index contributed by atoms with van der Waals surface area (Å²) in [5, 5.41) is 28.5. The van der Waals surface area contributed by atoms with Crippen molar-refractivity contribution in [3.63, 3.8) is 0 Å². The van der Waals surface area contributed by atoms with E-state index in [0.29, 0.717) is 12.8 Å². The van der Waals surface area contributed by atoms with Gasteiger partial charge in [-0.15, -0.1) is 0 Å². The lowest BCUT2D eigenvalue weighted by atomic mass is 9.87. The van der Waals surface area contributed by atoms with Crippen LogP contribution in [0.25, 0.3) is 0 Å². The van der Waals surface area contributed by atoms with Crippen LogP contribution in [0.1, 0.15) is 127 Å². The number of fused-ring (bicyclic) bond motifs is 2. The van der Waals surface area contributed by atoms with E-state index in [1.165, 1.54) is 23.5 Å². The summed E-state index contributed by atoms with van der Waals surface area (Å²) < 4.78 is 0. The number of hydrogen-bond acceptors (Lipinski definition) is 9. The zero-order valence-electron chi connectivity index (χ0n) is 38.3. The van der Waals surface area contributed by atoms with Gasteiger partial charge in [-0.2, -0.15) is 0 Å². The first-order valence-corrected chi connectivity index (χ1v) is 23.5. The second kappa shape index (κ2) is 21.5. The molecule has 2 saturated heterocycles. The zero-order valence-corrected chi connectivity index (χ0v) is 38.3. The minimum atomic E-state index is -1.36. The van der Waals surface area contributed by atoms with Crippen LogP contribution in [-0.2, 0) is 36.8 Å². The number of benzene rings is 3. The first-order chi connectivity index (χ1) is 31.8. The fourth-order valence-corrected chi connectivity index (χ4v) is 9.91. The molecule has 7 amide bonds. The van der Waals surface area contributed by atoms with Gasteiger partial charge in [0.15, 0.2) is 0 Å². The minimum absolute atomic E-state index is 0.0577. The number of aliphatic hydroxyl groups is 1. The van der Waals surface area contributed by atoms with E-state index < -0.39 is 71.9 Å². The third kappa shape index (κ3) is 10.9. The molecule has 0 aromatic heterocycles. The van der Waals surface area contributed by atoms with E-state index in [4.69, 9.17) is 0 Å². The molecule has 3 aromatic carbocycles. The summed E-state index contributed by atoms with van der Waals surface area (Å²) >= 11 is 0. The largest absolute Gasteiger partial charge is 0.391 e. The topological polar surface area (TPSA) is 218 Å². The molecule has 3 aromatic rings. The number of hydrogen-bond donors (Lipinski definition) is 7. The fourth-order valence-electron chi connectivity index (χ4n) is 9.91. The number of carbonyl (C=O) groups excluding carboxylic acids is 7. The molecule has 9 atom stereocenters. The molecule has 2 aliphatic carbocycles. The highest BCUT2D eigenvalue weighted by atomic mass is 16.3. The van der Waals surface area contributed by atoms with Crippen molar-refractivity contribution < 1.29 is 38.7 Å². The third-order valence-electron chi connectivity index (χ3n) is 13.6. The number of carbonyl (C=O) groups is 7. The van der Waals surface area contributed by atoms with Crippen LogP contribution in [0.2, 0.25) is 0 Å². The highest BCUT2D eigenvalue weighted by Crippen LogP contribution is 2.32. The summed E-state index contributed by atoms with van der Waals surface area (Å²) in [6, 6.07) is 16.7. The number of amides is 7. The molecule has 66 heavy (non-hydrogen) atoms. The Balaban J connectivity index is 1.03. The molecular weight excluding hydrogens is 841 g/mol. The normalized spacial score (nSPS) is 23.6. The molecule has 2 fully saturated rings. The van der Waals surface area contributed by atoms with Crippen LogP contribution >= 0.6 is 0 Å². The molecule has 4 aliphatic rings. The number of aliphatic hydroxyl groups excluding tert-OH is 1. The maximum absolute atomic E-state index is 14.2. The summed E-state index contributed by atoms with van der Waals surface area (Å²) in [6.45, 7) is 4.99. The summed E-state index contributed by atoms with van der Waals surface area (Å²) in [6.07, 6.45) is 5.04. The van der Waals surface area contributed by atoms with Crippen molar-refractivity contribution in [2.75, 3.05) is 20.1 Å². The number of aryl methyl sites for hydroxylation is 2. The van der Waals surface area contributed by atoms with Gasteiger partial charge >= 0.3 is 0 Å². The van der Waals surface area contributed by atoms with Crippen LogP contribution in [0.4, 0.5) is 0 Å². The van der Waals surface area contributed by atoms with Crippen LogP contribution in [0.5, 0.6) is 0 Å². The molecule has 7 N–H and O–H groups in total. The fraction of sp³-hybridized carbons (Fsp3) is 0.500. The third-order valence-corrected chi connectivity index (χ3v) is 13.6. The molecule has 16 heteroatoms. The Morgan fingerprint density at radius 1 is 0.682 bits per heavy atom. The van der Waals surface area contributed by atoms with Gasteiger partial charge in [0.05, 0.1) is 24.2 Å². The van der Waals surface area contributed by atoms with Gasteiger partial charge in [0.1, 0.15) is 18.1 Å². The molecule has 7 rings (SSSR count). The number of nitrogens with zero attached hydrogens (tertiary/aromatic N) is 2. The average Bonchev–Trinajstić information content (AvgIpc) is 3.95. The van der Waals surface area contributed by atoms with Crippen molar-refractivity contribution in [1.82, 2.24) is 41.7 Å². The molecule has 2 aliphatic heterocycles. The Labute approximate surface area is 386 Å². The van der Waals surface area contributed by atoms with Crippen LogP contribution in [0.3, 0.4) is 0 Å². The van der Waals surface area contributed by atoms with Gasteiger partial charge in [-0.1, -0.05) is 61.5 Å². The van der Waals surface area contributed by atoms with E-state index in [0.717, 1.165) is 48.8 Å². The summed E-state index contributed by atoms with van der Waals surface area (Å²) in [5.74, 6) is -3.01. The smallest absolute Gasteiger partial charge is 0.251 e. The lowest BCUT2D eigenvalue weighted by Gasteiger charge is -2.32. The number of nitrogens with one attached hydrogen (secondary N) is 6. The molecule has 352 valence electrons. The quantitative estimate of drug-likeness (QED) is 0.119. The Kier molecular flexibility index (Phi) is 15.5. The predicted molar refractivity (Wildman–Crippen MR) is 247 cm³/mol. The maximum Gasteiger partial charge on any atom is 0.251 e. The van der Waals surface area contributed by atoms with E-state index in [9.17, 15) is 38.7 Å². The molecule has 0 radical (unpaired) electrons. The van der Waals surface area contributed by atoms with E-state index in [1.54, 1.807) is 37.1 Å². The molecule has 1 unspecified atom stereocenters. The van der Waals surface area contributed by atoms with Crippen molar-refractivity contribution in [3.05, 3.63) is 106 Å². The Hall–Kier alpha value is -6.13. The monoisotopic (exact) mass is 904 g/mol. The lowest BCUT2D eigenvalue weighted by molar-refractivity contribution is -0.144. The molecular formula is C50H64N8O8. The van der Waals surface area contributed by atoms with Gasteiger partial charge in [-0.25, -0.2) is 0 Å². The van der Waals surface area contributed by atoms with Gasteiger partial charge in [0.2, 0.25) is 29.5 Å². The van der Waals surface area contributed by atoms with Crippen LogP contribution < -0.4 is 31.9 Å². The van der Waals surface area contributed by atoms with Gasteiger partial charge in [-0.05, 0) is 119 Å². The Morgan fingerprint density at radius 2 is 1.18 bits per heavy atom. The molecule has 0 saturated carbocycles. The predicted octanol–water partition coefficient (Wildman–Crippen LogP) is 2.75. The highest BCUT2D eigenvalue weighted by Gasteiger charge is 2.45. The van der Waals surface area contributed by atoms with Gasteiger partial charge < -0.3 is 46.8 Å². The molecule has 16 nitrogen and oxygen atoms in total. The standard InChI is InChI=1S/C50H64N8O8/c1-5-13-43(60)57-27-35(25-41(57)48(64)54-39-22-11-16-31-14-6-8-20-37(31)39)52-46(62)33-18-10-19-34(24-33)47(63)53-36-26-42(49(65)55-40-23-12-17-32-15-7-9-21-38(32)40)58(28-36)50(66)44(30(3)59)56-45(61)29(2)51-4/h6-10,14-15,18-21,24,29-30,35-36,39-42,44,51,59H,5,11-13,16-17,22-23,25-28H2,1-4H3,(H,52,62)(H,53,63)(H,54,64)(H,55,65)(H,56,61)/t29-,30+,35-,36-,39?,40+,41-,42-,44-/m0/s1. The average molecular weight is 905 g/mol. The Morgan fingerprint density at radius 3 is 1.68 bits per heavy atom. The number of likely N-dealkylation sites (N-methyl/N-ethyl adjacent to an activating group) is 1. The summed E-state index contributed by atoms with van der Waals surface area (Å²) in [4.78, 5) is 99.1. The van der Waals surface area contributed by atoms with E-state index >= 15 is 0 Å². The van der Waals surface area contributed by atoms with Gasteiger partial charge in [-0.3, -0.25) is 33.6 Å². The zero-order chi connectivity index (χ0) is 47.1. The maximum atomic E-state index is 14.2. The van der Waals surface area contributed by atoms with E-state index in [-0.39, 0.29) is 67.4 Å². The van der Waals surface area contributed by atoms with Crippen molar-refractivity contribution >= 4 is 41.4 Å².